The van der Waals surface area contributed by atoms with Gasteiger partial charge < -0.3 is 10.1 Å². The van der Waals surface area contributed by atoms with Crippen molar-refractivity contribution in [1.29, 1.82) is 0 Å². The maximum atomic E-state index is 12.5. The molecular weight excluding hydrogens is 374 g/mol. The van der Waals surface area contributed by atoms with Crippen molar-refractivity contribution in [2.75, 3.05) is 10.6 Å². The van der Waals surface area contributed by atoms with Crippen LogP contribution in [0.25, 0.3) is 11.3 Å². The van der Waals surface area contributed by atoms with Gasteiger partial charge in [0.15, 0.2) is 11.2 Å². The fraction of sp³-hybridized carbons (Fsp3) is 0.190. The van der Waals surface area contributed by atoms with Crippen molar-refractivity contribution < 1.29 is 14.3 Å². The molecule has 28 heavy (non-hydrogen) atoms. The van der Waals surface area contributed by atoms with Crippen molar-refractivity contribution in [2.45, 2.75) is 26.9 Å². The van der Waals surface area contributed by atoms with Gasteiger partial charge in [-0.2, -0.15) is 0 Å². The summed E-state index contributed by atoms with van der Waals surface area (Å²) in [5, 5.41) is 6.25. The minimum atomic E-state index is -0.511. The molecule has 0 aliphatic carbocycles. The van der Waals surface area contributed by atoms with Gasteiger partial charge in [-0.05, 0) is 51.1 Å². The Morgan fingerprint density at radius 3 is 2.82 bits per heavy atom. The van der Waals surface area contributed by atoms with Gasteiger partial charge in [-0.1, -0.05) is 17.7 Å². The van der Waals surface area contributed by atoms with Crippen LogP contribution in [-0.2, 0) is 4.79 Å². The number of carbonyl (C=O) groups excluding carboxylic acids is 2. The number of hydrogen-bond donors (Lipinski definition) is 2. The lowest BCUT2D eigenvalue weighted by Gasteiger charge is -2.23. The molecule has 3 aromatic rings. The highest BCUT2D eigenvalue weighted by Crippen LogP contribution is 2.37. The van der Waals surface area contributed by atoms with Crippen molar-refractivity contribution >= 4 is 34.0 Å². The number of thiazole rings is 1. The lowest BCUT2D eigenvalue weighted by Crippen LogP contribution is -2.34. The lowest BCUT2D eigenvalue weighted by molar-refractivity contribution is -0.122. The summed E-state index contributed by atoms with van der Waals surface area (Å²) in [5.41, 5.74) is 3.86. The summed E-state index contributed by atoms with van der Waals surface area (Å²) in [4.78, 5) is 29.9. The number of hydrogen-bond acceptors (Lipinski definition) is 5. The van der Waals surface area contributed by atoms with E-state index in [0.717, 1.165) is 21.7 Å². The predicted octanol–water partition coefficient (Wildman–Crippen LogP) is 4.40. The van der Waals surface area contributed by atoms with Gasteiger partial charge in [-0.15, -0.1) is 11.3 Å². The zero-order valence-corrected chi connectivity index (χ0v) is 16.5. The fourth-order valence-corrected chi connectivity index (χ4v) is 3.86. The third-order valence-corrected chi connectivity index (χ3v) is 5.37. The molecule has 0 radical (unpaired) electrons. The summed E-state index contributed by atoms with van der Waals surface area (Å²) in [6.45, 7) is 5.60. The van der Waals surface area contributed by atoms with E-state index in [2.05, 4.69) is 15.6 Å². The number of ether oxygens (including phenoxy) is 1. The number of amides is 2. The van der Waals surface area contributed by atoms with Gasteiger partial charge in [0.05, 0.1) is 11.4 Å². The van der Waals surface area contributed by atoms with E-state index in [-0.39, 0.29) is 11.8 Å². The first kappa shape index (κ1) is 18.2. The van der Waals surface area contributed by atoms with Crippen molar-refractivity contribution in [2.24, 2.45) is 0 Å². The largest absolute Gasteiger partial charge is 0.479 e. The fourth-order valence-electron chi connectivity index (χ4n) is 3.03. The van der Waals surface area contributed by atoms with E-state index in [1.54, 1.807) is 13.0 Å². The number of nitrogens with one attached hydrogen (secondary N) is 2. The van der Waals surface area contributed by atoms with Gasteiger partial charge in [0, 0.05) is 16.0 Å². The Morgan fingerprint density at radius 2 is 2.04 bits per heavy atom. The van der Waals surface area contributed by atoms with Crippen LogP contribution in [0.3, 0.4) is 0 Å². The summed E-state index contributed by atoms with van der Waals surface area (Å²) in [6, 6.07) is 13.0. The monoisotopic (exact) mass is 393 g/mol. The third kappa shape index (κ3) is 3.48. The van der Waals surface area contributed by atoms with Gasteiger partial charge >= 0.3 is 0 Å². The maximum absolute atomic E-state index is 12.5. The SMILES string of the molecule is Cc1cccc(C(=O)Nc2nc(-c3ccc4c(c3)NC(=O)[C@@H](C)O4)c(C)s2)c1. The number of aromatic nitrogens is 1. The number of rotatable bonds is 3. The molecule has 1 aliphatic heterocycles. The number of nitrogens with zero attached hydrogens (tertiary/aromatic N) is 1. The highest BCUT2D eigenvalue weighted by Gasteiger charge is 2.24. The van der Waals surface area contributed by atoms with Crippen LogP contribution in [0.2, 0.25) is 0 Å². The summed E-state index contributed by atoms with van der Waals surface area (Å²) in [7, 11) is 0. The molecule has 1 atom stereocenters. The molecule has 0 bridgehead atoms. The van der Waals surface area contributed by atoms with Crippen molar-refractivity contribution in [1.82, 2.24) is 4.98 Å². The number of benzene rings is 2. The maximum Gasteiger partial charge on any atom is 0.265 e. The third-order valence-electron chi connectivity index (χ3n) is 4.48. The quantitative estimate of drug-likeness (QED) is 0.691. The normalized spacial score (nSPS) is 15.4. The molecule has 0 saturated heterocycles. The Hall–Kier alpha value is -3.19. The molecule has 2 N–H and O–H groups in total. The van der Waals surface area contributed by atoms with E-state index < -0.39 is 6.10 Å². The molecule has 2 heterocycles. The zero-order valence-electron chi connectivity index (χ0n) is 15.7. The Bertz CT molecular complexity index is 1090. The van der Waals surface area contributed by atoms with Crippen molar-refractivity contribution in [3.8, 4) is 17.0 Å². The van der Waals surface area contributed by atoms with Crippen LogP contribution in [-0.4, -0.2) is 22.9 Å². The van der Waals surface area contributed by atoms with Crippen molar-refractivity contribution in [3.63, 3.8) is 0 Å². The average molecular weight is 393 g/mol. The van der Waals surface area contributed by atoms with Crippen molar-refractivity contribution in [3.05, 3.63) is 58.5 Å². The summed E-state index contributed by atoms with van der Waals surface area (Å²) < 4.78 is 5.59. The molecule has 142 valence electrons. The molecule has 2 aromatic carbocycles. The van der Waals surface area contributed by atoms with E-state index in [1.165, 1.54) is 11.3 Å². The first-order valence-electron chi connectivity index (χ1n) is 8.88. The second kappa shape index (κ2) is 7.09. The van der Waals surface area contributed by atoms with Crippen LogP contribution < -0.4 is 15.4 Å². The Balaban J connectivity index is 1.59. The number of aryl methyl sites for hydroxylation is 2. The van der Waals surface area contributed by atoms with Gasteiger partial charge in [-0.3, -0.25) is 14.9 Å². The van der Waals surface area contributed by atoms with Gasteiger partial charge in [0.2, 0.25) is 0 Å². The Kier molecular flexibility index (Phi) is 4.60. The second-order valence-corrected chi connectivity index (χ2v) is 7.91. The lowest BCUT2D eigenvalue weighted by atomic mass is 10.1. The van der Waals surface area contributed by atoms with Gasteiger partial charge in [-0.25, -0.2) is 4.98 Å². The second-order valence-electron chi connectivity index (χ2n) is 6.71. The molecule has 6 nitrogen and oxygen atoms in total. The zero-order chi connectivity index (χ0) is 19.8. The van der Waals surface area contributed by atoms with Crippen LogP contribution in [0, 0.1) is 13.8 Å². The minimum Gasteiger partial charge on any atom is -0.479 e. The average Bonchev–Trinajstić information content (AvgIpc) is 3.02. The molecule has 1 aliphatic rings. The van der Waals surface area contributed by atoms with Gasteiger partial charge in [0.1, 0.15) is 5.75 Å². The number of anilines is 2. The number of carbonyl (C=O) groups is 2. The molecule has 1 aromatic heterocycles. The molecule has 0 fully saturated rings. The van der Waals surface area contributed by atoms with E-state index in [1.807, 2.05) is 50.2 Å². The van der Waals surface area contributed by atoms with E-state index in [0.29, 0.717) is 22.1 Å². The van der Waals surface area contributed by atoms with Crippen LogP contribution in [0.1, 0.15) is 27.7 Å². The van der Waals surface area contributed by atoms with Crippen LogP contribution in [0.15, 0.2) is 42.5 Å². The number of fused-ring (bicyclic) bond motifs is 1. The van der Waals surface area contributed by atoms with Crippen LogP contribution in [0.5, 0.6) is 5.75 Å². The topological polar surface area (TPSA) is 80.3 Å². The summed E-state index contributed by atoms with van der Waals surface area (Å²) >= 11 is 1.41. The van der Waals surface area contributed by atoms with Crippen LogP contribution in [0.4, 0.5) is 10.8 Å². The first-order valence-corrected chi connectivity index (χ1v) is 9.70. The highest BCUT2D eigenvalue weighted by atomic mass is 32.1. The predicted molar refractivity (Wildman–Crippen MR) is 110 cm³/mol. The molecule has 7 heteroatoms. The molecule has 0 spiro atoms. The van der Waals surface area contributed by atoms with E-state index >= 15 is 0 Å². The Labute approximate surface area is 166 Å². The minimum absolute atomic E-state index is 0.175. The van der Waals surface area contributed by atoms with Crippen LogP contribution >= 0.6 is 11.3 Å². The summed E-state index contributed by atoms with van der Waals surface area (Å²) in [5.74, 6) is 0.270. The van der Waals surface area contributed by atoms with E-state index in [4.69, 9.17) is 4.74 Å². The standard InChI is InChI=1S/C21H19N3O3S/c1-11-5-4-6-15(9-11)20(26)24-21-23-18(13(3)28-21)14-7-8-17-16(10-14)22-19(25)12(2)27-17/h4-10,12H,1-3H3,(H,22,25)(H,23,24,26)/t12-/m1/s1. The van der Waals surface area contributed by atoms with E-state index in [9.17, 15) is 9.59 Å². The molecule has 2 amide bonds. The Morgan fingerprint density at radius 1 is 1.21 bits per heavy atom. The highest BCUT2D eigenvalue weighted by molar-refractivity contribution is 7.16. The first-order chi connectivity index (χ1) is 13.4. The summed E-state index contributed by atoms with van der Waals surface area (Å²) in [6.07, 6.45) is -0.511. The smallest absolute Gasteiger partial charge is 0.265 e. The molecular formula is C21H19N3O3S. The molecule has 0 saturated carbocycles. The molecule has 4 rings (SSSR count). The molecule has 0 unspecified atom stereocenters. The van der Waals surface area contributed by atoms with Gasteiger partial charge in [0.25, 0.3) is 11.8 Å².